The van der Waals surface area contributed by atoms with Crippen LogP contribution in [0.1, 0.15) is 40.0 Å². The Morgan fingerprint density at radius 2 is 2.00 bits per heavy atom. The van der Waals surface area contributed by atoms with Gasteiger partial charge in [0.15, 0.2) is 0 Å². The van der Waals surface area contributed by atoms with E-state index in [-0.39, 0.29) is 0 Å². The van der Waals surface area contributed by atoms with Gasteiger partial charge in [0.25, 0.3) is 0 Å². The molecule has 1 heterocycles. The standard InChI is InChI=1S/C14H30N2S/c1-5-12(6-2)10-13(15-7-3)14-11-17-9-8-16(14)4/h12-15H,5-11H2,1-4H3. The minimum atomic E-state index is 0.683. The Labute approximate surface area is 112 Å². The fraction of sp³-hybridized carbons (Fsp3) is 1.00. The Hall–Kier alpha value is 0.270. The van der Waals surface area contributed by atoms with Crippen molar-refractivity contribution in [2.24, 2.45) is 5.92 Å². The van der Waals surface area contributed by atoms with E-state index in [9.17, 15) is 0 Å². The van der Waals surface area contributed by atoms with E-state index >= 15 is 0 Å². The molecule has 1 aliphatic heterocycles. The van der Waals surface area contributed by atoms with Gasteiger partial charge in [-0.2, -0.15) is 11.8 Å². The molecule has 1 fully saturated rings. The molecule has 0 aliphatic carbocycles. The zero-order chi connectivity index (χ0) is 12.7. The fourth-order valence-electron chi connectivity index (χ4n) is 2.75. The maximum Gasteiger partial charge on any atom is 0.0337 e. The van der Waals surface area contributed by atoms with Gasteiger partial charge in [-0.15, -0.1) is 0 Å². The maximum absolute atomic E-state index is 3.73. The third-order valence-electron chi connectivity index (χ3n) is 4.12. The van der Waals surface area contributed by atoms with Crippen molar-refractivity contribution >= 4 is 11.8 Å². The molecule has 3 heteroatoms. The van der Waals surface area contributed by atoms with Crippen molar-refractivity contribution in [3.05, 3.63) is 0 Å². The molecular weight excluding hydrogens is 228 g/mol. The molecule has 2 nitrogen and oxygen atoms in total. The highest BCUT2D eigenvalue weighted by Gasteiger charge is 2.28. The average molecular weight is 258 g/mol. The van der Waals surface area contributed by atoms with Crippen molar-refractivity contribution in [1.82, 2.24) is 10.2 Å². The lowest BCUT2D eigenvalue weighted by molar-refractivity contribution is 0.192. The van der Waals surface area contributed by atoms with E-state index in [0.29, 0.717) is 6.04 Å². The quantitative estimate of drug-likeness (QED) is 0.756. The van der Waals surface area contributed by atoms with Crippen LogP contribution < -0.4 is 5.32 Å². The van der Waals surface area contributed by atoms with E-state index in [4.69, 9.17) is 0 Å². The zero-order valence-corrected chi connectivity index (χ0v) is 12.9. The van der Waals surface area contributed by atoms with Gasteiger partial charge in [0.2, 0.25) is 0 Å². The molecule has 1 N–H and O–H groups in total. The topological polar surface area (TPSA) is 15.3 Å². The largest absolute Gasteiger partial charge is 0.313 e. The second kappa shape index (κ2) is 8.39. The summed E-state index contributed by atoms with van der Waals surface area (Å²) in [4.78, 5) is 2.56. The lowest BCUT2D eigenvalue weighted by Crippen LogP contribution is -2.53. The first-order valence-corrected chi connectivity index (χ1v) is 8.39. The van der Waals surface area contributed by atoms with Crippen molar-refractivity contribution in [3.63, 3.8) is 0 Å². The zero-order valence-electron chi connectivity index (χ0n) is 12.0. The molecule has 0 aromatic carbocycles. The predicted molar refractivity (Wildman–Crippen MR) is 79.9 cm³/mol. The van der Waals surface area contributed by atoms with Gasteiger partial charge in [-0.3, -0.25) is 0 Å². The summed E-state index contributed by atoms with van der Waals surface area (Å²) in [6, 6.07) is 1.41. The van der Waals surface area contributed by atoms with Crippen LogP contribution in [0.4, 0.5) is 0 Å². The Balaban J connectivity index is 2.56. The van der Waals surface area contributed by atoms with Crippen LogP contribution in [0, 0.1) is 5.92 Å². The summed E-state index contributed by atoms with van der Waals surface area (Å²) < 4.78 is 0. The highest BCUT2D eigenvalue weighted by molar-refractivity contribution is 7.99. The van der Waals surface area contributed by atoms with Gasteiger partial charge >= 0.3 is 0 Å². The monoisotopic (exact) mass is 258 g/mol. The Kier molecular flexibility index (Phi) is 7.56. The van der Waals surface area contributed by atoms with Crippen molar-refractivity contribution in [3.8, 4) is 0 Å². The van der Waals surface area contributed by atoms with Gasteiger partial charge < -0.3 is 10.2 Å². The van der Waals surface area contributed by atoms with Crippen LogP contribution in [0.3, 0.4) is 0 Å². The SMILES string of the molecule is CCNC(CC(CC)CC)C1CSCCN1C. The highest BCUT2D eigenvalue weighted by atomic mass is 32.2. The highest BCUT2D eigenvalue weighted by Crippen LogP contribution is 2.23. The summed E-state index contributed by atoms with van der Waals surface area (Å²) in [6.45, 7) is 9.24. The van der Waals surface area contributed by atoms with Gasteiger partial charge in [-0.05, 0) is 25.9 Å². The molecule has 0 saturated carbocycles. The number of hydrogen-bond donors (Lipinski definition) is 1. The number of hydrogen-bond acceptors (Lipinski definition) is 3. The molecule has 1 aliphatic rings. The van der Waals surface area contributed by atoms with E-state index in [2.05, 4.69) is 49.8 Å². The Morgan fingerprint density at radius 1 is 1.29 bits per heavy atom. The van der Waals surface area contributed by atoms with Crippen LogP contribution in [0.5, 0.6) is 0 Å². The number of nitrogens with one attached hydrogen (secondary N) is 1. The minimum Gasteiger partial charge on any atom is -0.313 e. The number of likely N-dealkylation sites (N-methyl/N-ethyl adjacent to an activating group) is 2. The minimum absolute atomic E-state index is 0.683. The number of rotatable bonds is 7. The Bertz CT molecular complexity index is 195. The lowest BCUT2D eigenvalue weighted by atomic mass is 9.91. The number of thioether (sulfide) groups is 1. The first kappa shape index (κ1) is 15.3. The third kappa shape index (κ3) is 4.80. The summed E-state index contributed by atoms with van der Waals surface area (Å²) in [5, 5.41) is 3.73. The van der Waals surface area contributed by atoms with Crippen molar-refractivity contribution < 1.29 is 0 Å². The van der Waals surface area contributed by atoms with Gasteiger partial charge in [0.05, 0.1) is 0 Å². The lowest BCUT2D eigenvalue weighted by Gasteiger charge is -2.39. The molecular formula is C14H30N2S. The second-order valence-electron chi connectivity index (χ2n) is 5.21. The molecule has 0 amide bonds. The van der Waals surface area contributed by atoms with Crippen molar-refractivity contribution in [2.75, 3.05) is 31.6 Å². The Morgan fingerprint density at radius 3 is 2.53 bits per heavy atom. The molecule has 2 unspecified atom stereocenters. The molecule has 0 aromatic rings. The van der Waals surface area contributed by atoms with Gasteiger partial charge in [0, 0.05) is 30.1 Å². The van der Waals surface area contributed by atoms with Crippen molar-refractivity contribution in [2.45, 2.75) is 52.1 Å². The molecule has 0 bridgehead atoms. The van der Waals surface area contributed by atoms with Crippen LogP contribution in [0.15, 0.2) is 0 Å². The van der Waals surface area contributed by atoms with E-state index < -0.39 is 0 Å². The molecule has 0 radical (unpaired) electrons. The van der Waals surface area contributed by atoms with Gasteiger partial charge in [-0.1, -0.05) is 33.6 Å². The normalized spacial score (nSPS) is 24.2. The van der Waals surface area contributed by atoms with Crippen LogP contribution in [0.2, 0.25) is 0 Å². The summed E-state index contributed by atoms with van der Waals surface area (Å²) in [5.74, 6) is 3.49. The van der Waals surface area contributed by atoms with Crippen LogP contribution in [-0.2, 0) is 0 Å². The smallest absolute Gasteiger partial charge is 0.0337 e. The van der Waals surface area contributed by atoms with Gasteiger partial charge in [0.1, 0.15) is 0 Å². The molecule has 1 rings (SSSR count). The second-order valence-corrected chi connectivity index (χ2v) is 6.36. The molecule has 17 heavy (non-hydrogen) atoms. The summed E-state index contributed by atoms with van der Waals surface area (Å²) >= 11 is 2.12. The average Bonchev–Trinajstić information content (AvgIpc) is 2.35. The molecule has 2 atom stereocenters. The van der Waals surface area contributed by atoms with E-state index in [1.54, 1.807) is 0 Å². The first-order chi connectivity index (χ1) is 8.22. The fourth-order valence-corrected chi connectivity index (χ4v) is 4.06. The van der Waals surface area contributed by atoms with Gasteiger partial charge in [-0.25, -0.2) is 0 Å². The van der Waals surface area contributed by atoms with E-state index in [1.165, 1.54) is 37.3 Å². The summed E-state index contributed by atoms with van der Waals surface area (Å²) in [5.41, 5.74) is 0. The van der Waals surface area contributed by atoms with Crippen LogP contribution >= 0.6 is 11.8 Å². The molecule has 1 saturated heterocycles. The maximum atomic E-state index is 3.73. The van der Waals surface area contributed by atoms with E-state index in [1.807, 2.05) is 0 Å². The molecule has 0 aromatic heterocycles. The predicted octanol–water partition coefficient (Wildman–Crippen LogP) is 2.84. The summed E-state index contributed by atoms with van der Waals surface area (Å²) in [7, 11) is 2.29. The van der Waals surface area contributed by atoms with Crippen LogP contribution in [-0.4, -0.2) is 48.6 Å². The first-order valence-electron chi connectivity index (χ1n) is 7.24. The number of nitrogens with zero attached hydrogens (tertiary/aromatic N) is 1. The van der Waals surface area contributed by atoms with Crippen LogP contribution in [0.25, 0.3) is 0 Å². The van der Waals surface area contributed by atoms with Crippen molar-refractivity contribution in [1.29, 1.82) is 0 Å². The third-order valence-corrected chi connectivity index (χ3v) is 5.16. The molecule has 102 valence electrons. The van der Waals surface area contributed by atoms with E-state index in [0.717, 1.165) is 18.5 Å². The molecule has 0 spiro atoms. The summed E-state index contributed by atoms with van der Waals surface area (Å²) in [6.07, 6.45) is 3.99.